The summed E-state index contributed by atoms with van der Waals surface area (Å²) in [5.41, 5.74) is 5.36. The molecular formula is C13H13N3O4S. The first-order valence-corrected chi connectivity index (χ1v) is 7.11. The third kappa shape index (κ3) is 2.43. The number of carboxylic acids is 1. The van der Waals surface area contributed by atoms with E-state index in [0.717, 1.165) is 4.70 Å². The Bertz CT molecular complexity index is 721. The molecule has 1 aromatic carbocycles. The number of nitrogens with two attached hydrogens (primary N) is 1. The van der Waals surface area contributed by atoms with Crippen LogP contribution in [0.25, 0.3) is 10.2 Å². The summed E-state index contributed by atoms with van der Waals surface area (Å²) in [6.45, 7) is 0.292. The number of nitrogens with zero attached hydrogens (tertiary/aromatic N) is 1. The fourth-order valence-electron chi connectivity index (χ4n) is 2.26. The number of thiazole rings is 1. The molecule has 7 nitrogen and oxygen atoms in total. The second-order valence-corrected chi connectivity index (χ2v) is 5.94. The van der Waals surface area contributed by atoms with E-state index in [1.165, 1.54) is 11.3 Å². The lowest BCUT2D eigenvalue weighted by Crippen LogP contribution is -2.55. The van der Waals surface area contributed by atoms with Crippen molar-refractivity contribution in [2.24, 2.45) is 0 Å². The van der Waals surface area contributed by atoms with E-state index >= 15 is 0 Å². The molecule has 2 heterocycles. The van der Waals surface area contributed by atoms with E-state index < -0.39 is 17.4 Å². The van der Waals surface area contributed by atoms with Gasteiger partial charge in [0, 0.05) is 18.6 Å². The van der Waals surface area contributed by atoms with Gasteiger partial charge in [-0.15, -0.1) is 0 Å². The molecule has 0 radical (unpaired) electrons. The molecule has 1 fully saturated rings. The predicted octanol–water partition coefficient (Wildman–Crippen LogP) is 0.852. The molecule has 1 aliphatic heterocycles. The molecule has 1 unspecified atom stereocenters. The molecule has 21 heavy (non-hydrogen) atoms. The minimum Gasteiger partial charge on any atom is -0.479 e. The molecule has 8 heteroatoms. The Hall–Kier alpha value is -2.19. The summed E-state index contributed by atoms with van der Waals surface area (Å²) in [5.74, 6) is -1.53. The van der Waals surface area contributed by atoms with Gasteiger partial charge >= 0.3 is 5.97 Å². The van der Waals surface area contributed by atoms with Crippen molar-refractivity contribution in [3.63, 3.8) is 0 Å². The number of hydrogen-bond acceptors (Lipinski definition) is 6. The number of nitrogen functional groups attached to an aromatic ring is 1. The van der Waals surface area contributed by atoms with Crippen LogP contribution < -0.4 is 11.1 Å². The molecular weight excluding hydrogens is 294 g/mol. The highest BCUT2D eigenvalue weighted by Crippen LogP contribution is 2.25. The zero-order chi connectivity index (χ0) is 15.0. The van der Waals surface area contributed by atoms with Crippen molar-refractivity contribution in [3.8, 4) is 0 Å². The first-order chi connectivity index (χ1) is 10.00. The lowest BCUT2D eigenvalue weighted by molar-refractivity contribution is -0.144. The molecule has 2 aromatic rings. The molecule has 4 N–H and O–H groups in total. The summed E-state index contributed by atoms with van der Waals surface area (Å²) in [6, 6.07) is 4.95. The van der Waals surface area contributed by atoms with E-state index in [4.69, 9.17) is 10.5 Å². The second-order valence-electron chi connectivity index (χ2n) is 4.88. The topological polar surface area (TPSA) is 115 Å². The normalized spacial score (nSPS) is 21.5. The molecule has 1 amide bonds. The quantitative estimate of drug-likeness (QED) is 0.774. The monoisotopic (exact) mass is 307 g/mol. The molecule has 1 saturated heterocycles. The van der Waals surface area contributed by atoms with E-state index in [2.05, 4.69) is 10.3 Å². The van der Waals surface area contributed by atoms with Crippen LogP contribution in [0.3, 0.4) is 0 Å². The average molecular weight is 307 g/mol. The minimum absolute atomic E-state index is 0.0240. The van der Waals surface area contributed by atoms with Crippen molar-refractivity contribution in [1.82, 2.24) is 10.3 Å². The minimum atomic E-state index is -1.35. The number of carbonyl (C=O) groups is 2. The predicted molar refractivity (Wildman–Crippen MR) is 77.3 cm³/mol. The third-order valence-electron chi connectivity index (χ3n) is 3.45. The zero-order valence-corrected chi connectivity index (χ0v) is 11.8. The van der Waals surface area contributed by atoms with Gasteiger partial charge in [0.05, 0.1) is 16.8 Å². The van der Waals surface area contributed by atoms with Crippen LogP contribution in [0.1, 0.15) is 16.8 Å². The van der Waals surface area contributed by atoms with Crippen LogP contribution in [0.15, 0.2) is 18.2 Å². The maximum atomic E-state index is 12.3. The first kappa shape index (κ1) is 13.8. The zero-order valence-electron chi connectivity index (χ0n) is 11.0. The van der Waals surface area contributed by atoms with E-state index in [1.54, 1.807) is 18.2 Å². The highest BCUT2D eigenvalue weighted by molar-refractivity contribution is 7.22. The number of aromatic nitrogens is 1. The number of nitrogens with one attached hydrogen (secondary N) is 1. The third-order valence-corrected chi connectivity index (χ3v) is 4.30. The number of carbonyl (C=O) groups excluding carboxylic acids is 1. The first-order valence-electron chi connectivity index (χ1n) is 6.30. The number of rotatable bonds is 3. The lowest BCUT2D eigenvalue weighted by atomic mass is 9.98. The van der Waals surface area contributed by atoms with Gasteiger partial charge in [-0.3, -0.25) is 4.79 Å². The summed E-state index contributed by atoms with van der Waals surface area (Å²) < 4.78 is 5.90. The standard InChI is InChI=1S/C13H13N3O4S/c14-12-15-8-2-1-7(5-9(8)21-12)10(17)16-13(11(18)19)3-4-20-6-13/h1-2,5H,3-4,6H2,(H2,14,15)(H,16,17)(H,18,19). The maximum Gasteiger partial charge on any atom is 0.331 e. The lowest BCUT2D eigenvalue weighted by Gasteiger charge is -2.23. The second kappa shape index (κ2) is 4.97. The van der Waals surface area contributed by atoms with Crippen molar-refractivity contribution in [2.75, 3.05) is 18.9 Å². The van der Waals surface area contributed by atoms with Crippen molar-refractivity contribution < 1.29 is 19.4 Å². The van der Waals surface area contributed by atoms with Crippen LogP contribution in [0.4, 0.5) is 5.13 Å². The number of ether oxygens (including phenoxy) is 1. The van der Waals surface area contributed by atoms with Gasteiger partial charge in [-0.25, -0.2) is 9.78 Å². The molecule has 0 saturated carbocycles. The van der Waals surface area contributed by atoms with Crippen LogP contribution in [0, 0.1) is 0 Å². The maximum absolute atomic E-state index is 12.3. The van der Waals surface area contributed by atoms with Gasteiger partial charge in [0.1, 0.15) is 0 Å². The summed E-state index contributed by atoms with van der Waals surface area (Å²) in [5, 5.41) is 12.3. The van der Waals surface area contributed by atoms with Crippen molar-refractivity contribution >= 4 is 38.6 Å². The largest absolute Gasteiger partial charge is 0.479 e. The van der Waals surface area contributed by atoms with E-state index in [0.29, 0.717) is 22.8 Å². The fraction of sp³-hybridized carbons (Fsp3) is 0.308. The Morgan fingerprint density at radius 3 is 2.95 bits per heavy atom. The smallest absolute Gasteiger partial charge is 0.331 e. The average Bonchev–Trinajstić information content (AvgIpc) is 3.03. The summed E-state index contributed by atoms with van der Waals surface area (Å²) >= 11 is 1.28. The number of benzene rings is 1. The molecule has 1 atom stereocenters. The van der Waals surface area contributed by atoms with Gasteiger partial charge in [0.25, 0.3) is 5.91 Å². The Labute approximate surface area is 123 Å². The summed E-state index contributed by atoms with van der Waals surface area (Å²) in [4.78, 5) is 27.8. The van der Waals surface area contributed by atoms with Gasteiger partial charge in [-0.2, -0.15) is 0 Å². The number of anilines is 1. The number of amides is 1. The van der Waals surface area contributed by atoms with Gasteiger partial charge < -0.3 is 20.9 Å². The van der Waals surface area contributed by atoms with Crippen LogP contribution in [-0.2, 0) is 9.53 Å². The number of carboxylic acid groups (broad SMARTS) is 1. The van der Waals surface area contributed by atoms with Crippen LogP contribution in [0.5, 0.6) is 0 Å². The van der Waals surface area contributed by atoms with Crippen molar-refractivity contribution in [3.05, 3.63) is 23.8 Å². The molecule has 1 aliphatic rings. The summed E-state index contributed by atoms with van der Waals surface area (Å²) in [6.07, 6.45) is 0.254. The van der Waals surface area contributed by atoms with E-state index in [-0.39, 0.29) is 13.0 Å². The van der Waals surface area contributed by atoms with E-state index in [1.807, 2.05) is 0 Å². The van der Waals surface area contributed by atoms with Crippen LogP contribution >= 0.6 is 11.3 Å². The van der Waals surface area contributed by atoms with Gasteiger partial charge in [0.2, 0.25) is 0 Å². The Morgan fingerprint density at radius 1 is 1.48 bits per heavy atom. The molecule has 3 rings (SSSR count). The number of hydrogen-bond donors (Lipinski definition) is 3. The van der Waals surface area contributed by atoms with Gasteiger partial charge in [0.15, 0.2) is 10.7 Å². The molecule has 0 spiro atoms. The Kier molecular flexibility index (Phi) is 3.26. The molecule has 110 valence electrons. The SMILES string of the molecule is Nc1nc2ccc(C(=O)NC3(C(=O)O)CCOC3)cc2s1. The molecule has 0 aliphatic carbocycles. The van der Waals surface area contributed by atoms with Gasteiger partial charge in [-0.05, 0) is 18.2 Å². The highest BCUT2D eigenvalue weighted by Gasteiger charge is 2.44. The van der Waals surface area contributed by atoms with Crippen LogP contribution in [-0.4, -0.2) is 40.7 Å². The number of aliphatic carboxylic acids is 1. The van der Waals surface area contributed by atoms with Crippen molar-refractivity contribution in [2.45, 2.75) is 12.0 Å². The van der Waals surface area contributed by atoms with Crippen molar-refractivity contribution in [1.29, 1.82) is 0 Å². The molecule has 0 bridgehead atoms. The number of fused-ring (bicyclic) bond motifs is 1. The highest BCUT2D eigenvalue weighted by atomic mass is 32.1. The summed E-state index contributed by atoms with van der Waals surface area (Å²) in [7, 11) is 0. The van der Waals surface area contributed by atoms with Gasteiger partial charge in [-0.1, -0.05) is 11.3 Å². The fourth-order valence-corrected chi connectivity index (χ4v) is 3.03. The van der Waals surface area contributed by atoms with Crippen LogP contribution in [0.2, 0.25) is 0 Å². The Morgan fingerprint density at radius 2 is 2.29 bits per heavy atom. The Balaban J connectivity index is 1.87. The molecule has 1 aromatic heterocycles. The van der Waals surface area contributed by atoms with E-state index in [9.17, 15) is 14.7 Å².